The van der Waals surface area contributed by atoms with Crippen molar-refractivity contribution in [3.63, 3.8) is 0 Å². The maximum Gasteiger partial charge on any atom is 0.122 e. The molecule has 20 heavy (non-hydrogen) atoms. The number of halogens is 1. The van der Waals surface area contributed by atoms with Gasteiger partial charge in [0.2, 0.25) is 0 Å². The summed E-state index contributed by atoms with van der Waals surface area (Å²) in [5.74, 6) is 0.916. The third-order valence-corrected chi connectivity index (χ3v) is 4.48. The van der Waals surface area contributed by atoms with Crippen LogP contribution in [0.5, 0.6) is 5.75 Å². The number of ether oxygens (including phenoxy) is 1. The van der Waals surface area contributed by atoms with Crippen LogP contribution in [-0.2, 0) is 19.3 Å². The summed E-state index contributed by atoms with van der Waals surface area (Å²) in [5, 5.41) is -0.00259. The highest BCUT2D eigenvalue weighted by atomic mass is 35.5. The lowest BCUT2D eigenvalue weighted by molar-refractivity contribution is 0.409. The van der Waals surface area contributed by atoms with Crippen LogP contribution in [0, 0.1) is 0 Å². The Morgan fingerprint density at radius 2 is 1.90 bits per heavy atom. The van der Waals surface area contributed by atoms with Crippen molar-refractivity contribution in [3.05, 3.63) is 64.7 Å². The van der Waals surface area contributed by atoms with E-state index in [-0.39, 0.29) is 5.38 Å². The fourth-order valence-corrected chi connectivity index (χ4v) is 3.27. The summed E-state index contributed by atoms with van der Waals surface area (Å²) in [6, 6.07) is 14.8. The summed E-state index contributed by atoms with van der Waals surface area (Å²) in [4.78, 5) is 0. The second-order valence-corrected chi connectivity index (χ2v) is 5.89. The highest BCUT2D eigenvalue weighted by Gasteiger charge is 2.16. The normalized spacial score (nSPS) is 14.9. The number of methoxy groups -OCH3 is 1. The van der Waals surface area contributed by atoms with E-state index in [1.165, 1.54) is 36.0 Å². The van der Waals surface area contributed by atoms with Gasteiger partial charge in [0, 0.05) is 0 Å². The molecule has 1 nitrogen and oxygen atoms in total. The summed E-state index contributed by atoms with van der Waals surface area (Å²) in [7, 11) is 1.71. The van der Waals surface area contributed by atoms with Crippen LogP contribution < -0.4 is 4.74 Å². The quantitative estimate of drug-likeness (QED) is 0.740. The predicted molar refractivity (Wildman–Crippen MR) is 83.8 cm³/mol. The van der Waals surface area contributed by atoms with Gasteiger partial charge in [0.05, 0.1) is 12.5 Å². The van der Waals surface area contributed by atoms with Crippen LogP contribution in [-0.4, -0.2) is 7.11 Å². The van der Waals surface area contributed by atoms with Crippen molar-refractivity contribution < 1.29 is 4.74 Å². The molecule has 0 amide bonds. The minimum absolute atomic E-state index is 0.00259. The van der Waals surface area contributed by atoms with Crippen molar-refractivity contribution >= 4 is 11.6 Å². The van der Waals surface area contributed by atoms with E-state index in [9.17, 15) is 0 Å². The molecule has 1 aliphatic rings. The van der Waals surface area contributed by atoms with Gasteiger partial charge in [0.1, 0.15) is 5.75 Å². The number of para-hydroxylation sites is 1. The van der Waals surface area contributed by atoms with E-state index >= 15 is 0 Å². The number of rotatable bonds is 4. The molecule has 1 aliphatic carbocycles. The number of hydrogen-bond donors (Lipinski definition) is 0. The highest BCUT2D eigenvalue weighted by Crippen LogP contribution is 2.32. The largest absolute Gasteiger partial charge is 0.496 e. The summed E-state index contributed by atoms with van der Waals surface area (Å²) >= 11 is 6.62. The van der Waals surface area contributed by atoms with Gasteiger partial charge in [0.25, 0.3) is 0 Å². The first kappa shape index (κ1) is 13.5. The number of fused-ring (bicyclic) bond motifs is 1. The van der Waals surface area contributed by atoms with Crippen LogP contribution in [0.2, 0.25) is 0 Å². The Balaban J connectivity index is 1.81. The molecule has 104 valence electrons. The molecule has 1 unspecified atom stereocenters. The molecule has 0 bridgehead atoms. The maximum atomic E-state index is 6.62. The molecule has 1 atom stereocenters. The first-order valence-electron chi connectivity index (χ1n) is 7.15. The molecule has 0 spiro atoms. The Labute approximate surface area is 125 Å². The predicted octanol–water partition coefficient (Wildman–Crippen LogP) is 4.71. The van der Waals surface area contributed by atoms with Gasteiger partial charge in [-0.3, -0.25) is 0 Å². The summed E-state index contributed by atoms with van der Waals surface area (Å²) in [6.07, 6.45) is 4.49. The van der Waals surface area contributed by atoms with E-state index in [0.29, 0.717) is 0 Å². The van der Waals surface area contributed by atoms with Gasteiger partial charge >= 0.3 is 0 Å². The van der Waals surface area contributed by atoms with Crippen LogP contribution >= 0.6 is 11.6 Å². The Hall–Kier alpha value is -1.47. The first-order valence-corrected chi connectivity index (χ1v) is 7.59. The molecule has 0 fully saturated rings. The maximum absolute atomic E-state index is 6.62. The fraction of sp³-hybridized carbons (Fsp3) is 0.333. The van der Waals surface area contributed by atoms with Crippen molar-refractivity contribution in [3.8, 4) is 5.75 Å². The van der Waals surface area contributed by atoms with Gasteiger partial charge in [-0.1, -0.05) is 36.4 Å². The van der Waals surface area contributed by atoms with Crippen LogP contribution in [0.1, 0.15) is 34.1 Å². The number of hydrogen-bond acceptors (Lipinski definition) is 1. The Bertz CT molecular complexity index is 606. The van der Waals surface area contributed by atoms with Crippen LogP contribution in [0.15, 0.2) is 42.5 Å². The van der Waals surface area contributed by atoms with E-state index in [2.05, 4.69) is 24.3 Å². The molecule has 0 N–H and O–H groups in total. The first-order chi connectivity index (χ1) is 9.78. The standard InChI is InChI=1S/C18H19ClO/c1-20-18-8-3-2-5-16(18)12-17(19)15-10-9-13-6-4-7-14(13)11-15/h2-3,5,8-11,17H,4,6-7,12H2,1H3. The molecule has 0 saturated carbocycles. The average molecular weight is 287 g/mol. The average Bonchev–Trinajstić information content (AvgIpc) is 2.95. The number of benzene rings is 2. The second kappa shape index (κ2) is 5.88. The molecule has 2 heteroatoms. The molecule has 0 heterocycles. The van der Waals surface area contributed by atoms with Crippen LogP contribution in [0.25, 0.3) is 0 Å². The van der Waals surface area contributed by atoms with Gasteiger partial charge in [-0.25, -0.2) is 0 Å². The lowest BCUT2D eigenvalue weighted by Gasteiger charge is -2.14. The molecule has 0 aliphatic heterocycles. The Morgan fingerprint density at radius 1 is 1.10 bits per heavy atom. The van der Waals surface area contributed by atoms with Crippen LogP contribution in [0.3, 0.4) is 0 Å². The Kier molecular flexibility index (Phi) is 3.98. The summed E-state index contributed by atoms with van der Waals surface area (Å²) in [5.41, 5.74) is 5.36. The molecular formula is C18H19ClO. The zero-order valence-electron chi connectivity index (χ0n) is 11.7. The van der Waals surface area contributed by atoms with Gasteiger partial charge < -0.3 is 4.74 Å². The van der Waals surface area contributed by atoms with Crippen molar-refractivity contribution in [2.24, 2.45) is 0 Å². The minimum atomic E-state index is -0.00259. The van der Waals surface area contributed by atoms with Crippen molar-refractivity contribution in [2.45, 2.75) is 31.1 Å². The lowest BCUT2D eigenvalue weighted by Crippen LogP contribution is -1.99. The van der Waals surface area contributed by atoms with E-state index in [4.69, 9.17) is 16.3 Å². The van der Waals surface area contributed by atoms with E-state index in [1.807, 2.05) is 18.2 Å². The third-order valence-electron chi connectivity index (χ3n) is 4.08. The van der Waals surface area contributed by atoms with Gasteiger partial charge in [-0.15, -0.1) is 11.6 Å². The van der Waals surface area contributed by atoms with Gasteiger partial charge in [0.15, 0.2) is 0 Å². The SMILES string of the molecule is COc1ccccc1CC(Cl)c1ccc2c(c1)CCC2. The molecule has 3 rings (SSSR count). The van der Waals surface area contributed by atoms with E-state index in [1.54, 1.807) is 7.11 Å². The number of aryl methyl sites for hydroxylation is 2. The van der Waals surface area contributed by atoms with E-state index in [0.717, 1.165) is 17.7 Å². The third kappa shape index (κ3) is 2.69. The van der Waals surface area contributed by atoms with Crippen molar-refractivity contribution in [2.75, 3.05) is 7.11 Å². The molecule has 2 aromatic rings. The Morgan fingerprint density at radius 3 is 2.75 bits per heavy atom. The lowest BCUT2D eigenvalue weighted by atomic mass is 9.99. The van der Waals surface area contributed by atoms with Crippen molar-refractivity contribution in [1.82, 2.24) is 0 Å². The van der Waals surface area contributed by atoms with Gasteiger partial charge in [-0.05, 0) is 54.0 Å². The monoisotopic (exact) mass is 286 g/mol. The highest BCUT2D eigenvalue weighted by molar-refractivity contribution is 6.21. The molecule has 2 aromatic carbocycles. The van der Waals surface area contributed by atoms with Gasteiger partial charge in [-0.2, -0.15) is 0 Å². The zero-order valence-corrected chi connectivity index (χ0v) is 12.5. The number of alkyl halides is 1. The zero-order chi connectivity index (χ0) is 13.9. The molecule has 0 aromatic heterocycles. The fourth-order valence-electron chi connectivity index (χ4n) is 2.97. The summed E-state index contributed by atoms with van der Waals surface area (Å²) < 4.78 is 5.40. The van der Waals surface area contributed by atoms with Crippen molar-refractivity contribution in [1.29, 1.82) is 0 Å². The van der Waals surface area contributed by atoms with E-state index < -0.39 is 0 Å². The molecule has 0 radical (unpaired) electrons. The van der Waals surface area contributed by atoms with Crippen LogP contribution in [0.4, 0.5) is 0 Å². The second-order valence-electron chi connectivity index (χ2n) is 5.37. The molecule has 0 saturated heterocycles. The smallest absolute Gasteiger partial charge is 0.122 e. The molecular weight excluding hydrogens is 268 g/mol. The topological polar surface area (TPSA) is 9.23 Å². The summed E-state index contributed by atoms with van der Waals surface area (Å²) in [6.45, 7) is 0. The minimum Gasteiger partial charge on any atom is -0.496 e.